The molecular weight excluding hydrogens is 438 g/mol. The lowest BCUT2D eigenvalue weighted by molar-refractivity contribution is -0.122. The molecule has 0 bridgehead atoms. The predicted octanol–water partition coefficient (Wildman–Crippen LogP) is 3.91. The van der Waals surface area contributed by atoms with E-state index in [0.29, 0.717) is 5.69 Å². The molecule has 2 aromatic rings. The van der Waals surface area contributed by atoms with E-state index in [2.05, 4.69) is 28.2 Å². The van der Waals surface area contributed by atoms with Crippen molar-refractivity contribution in [1.29, 1.82) is 0 Å². The predicted molar refractivity (Wildman–Crippen MR) is 120 cm³/mol. The van der Waals surface area contributed by atoms with Crippen molar-refractivity contribution < 1.29 is 9.59 Å². The highest BCUT2D eigenvalue weighted by Crippen LogP contribution is 2.28. The lowest BCUT2D eigenvalue weighted by Crippen LogP contribution is -2.54. The summed E-state index contributed by atoms with van der Waals surface area (Å²) in [4.78, 5) is 28.8. The van der Waals surface area contributed by atoms with Crippen LogP contribution in [0.15, 0.2) is 52.5 Å². The quantitative estimate of drug-likeness (QED) is 0.429. The third kappa shape index (κ3) is 4.00. The van der Waals surface area contributed by atoms with E-state index in [1.165, 1.54) is 4.90 Å². The van der Waals surface area contributed by atoms with E-state index in [1.54, 1.807) is 6.08 Å². The number of nitrogens with zero attached hydrogens (tertiary/aromatic N) is 2. The van der Waals surface area contributed by atoms with Crippen LogP contribution in [-0.4, -0.2) is 31.0 Å². The van der Waals surface area contributed by atoms with E-state index in [9.17, 15) is 9.59 Å². The van der Waals surface area contributed by atoms with Crippen molar-refractivity contribution in [3.05, 3.63) is 63.6 Å². The highest BCUT2D eigenvalue weighted by molar-refractivity contribution is 9.10. The summed E-state index contributed by atoms with van der Waals surface area (Å²) in [5, 5.41) is 2.69. The van der Waals surface area contributed by atoms with Crippen molar-refractivity contribution in [2.75, 3.05) is 23.9 Å². The molecule has 1 aliphatic heterocycles. The molecule has 1 aliphatic rings. The Bertz CT molecular complexity index is 984. The second-order valence-corrected chi connectivity index (χ2v) is 7.82. The van der Waals surface area contributed by atoms with Crippen molar-refractivity contribution >= 4 is 62.5 Å². The Morgan fingerprint density at radius 2 is 1.82 bits per heavy atom. The number of hydrogen-bond donors (Lipinski definition) is 1. The Hall–Kier alpha value is -2.51. The van der Waals surface area contributed by atoms with Crippen LogP contribution >= 0.6 is 28.1 Å². The first-order valence-electron chi connectivity index (χ1n) is 8.79. The third-order valence-corrected chi connectivity index (χ3v) is 5.39. The van der Waals surface area contributed by atoms with E-state index in [4.69, 9.17) is 12.2 Å². The molecule has 0 saturated carbocycles. The molecule has 0 radical (unpaired) electrons. The Kier molecular flexibility index (Phi) is 5.96. The zero-order valence-electron chi connectivity index (χ0n) is 15.8. The first-order valence-corrected chi connectivity index (χ1v) is 9.99. The largest absolute Gasteiger partial charge is 0.377 e. The monoisotopic (exact) mass is 457 g/mol. The molecule has 7 heteroatoms. The summed E-state index contributed by atoms with van der Waals surface area (Å²) in [6.07, 6.45) is 2.48. The summed E-state index contributed by atoms with van der Waals surface area (Å²) in [6, 6.07) is 13.2. The molecular formula is C21H20BrN3O2S. The molecule has 0 atom stereocenters. The molecule has 1 fully saturated rings. The summed E-state index contributed by atoms with van der Waals surface area (Å²) < 4.78 is 0.873. The van der Waals surface area contributed by atoms with Crippen molar-refractivity contribution in [2.24, 2.45) is 0 Å². The van der Waals surface area contributed by atoms with Gasteiger partial charge in [0, 0.05) is 18.6 Å². The van der Waals surface area contributed by atoms with Crippen molar-refractivity contribution in [3.8, 4) is 0 Å². The molecule has 0 aromatic heterocycles. The van der Waals surface area contributed by atoms with Crippen LogP contribution in [0.5, 0.6) is 0 Å². The smallest absolute Gasteiger partial charge is 0.270 e. The van der Waals surface area contributed by atoms with Crippen LogP contribution in [0, 0.1) is 0 Å². The molecule has 2 amide bonds. The summed E-state index contributed by atoms with van der Waals surface area (Å²) >= 11 is 8.77. The maximum absolute atomic E-state index is 13.1. The fourth-order valence-electron chi connectivity index (χ4n) is 2.91. The summed E-state index contributed by atoms with van der Waals surface area (Å²) in [7, 11) is 3.89. The van der Waals surface area contributed by atoms with Gasteiger partial charge in [0.05, 0.1) is 11.4 Å². The number of hydrogen-bond acceptors (Lipinski definition) is 4. The molecule has 1 saturated heterocycles. The Balaban J connectivity index is 1.97. The van der Waals surface area contributed by atoms with Gasteiger partial charge in [-0.05, 0) is 76.0 Å². The molecule has 28 heavy (non-hydrogen) atoms. The summed E-state index contributed by atoms with van der Waals surface area (Å²) in [6.45, 7) is 2.06. The fourth-order valence-corrected chi connectivity index (χ4v) is 3.95. The van der Waals surface area contributed by atoms with Gasteiger partial charge in [-0.1, -0.05) is 25.1 Å². The van der Waals surface area contributed by atoms with Gasteiger partial charge >= 0.3 is 0 Å². The zero-order chi connectivity index (χ0) is 20.4. The van der Waals surface area contributed by atoms with Gasteiger partial charge in [-0.15, -0.1) is 0 Å². The second kappa shape index (κ2) is 8.24. The number of nitrogens with one attached hydrogen (secondary N) is 1. The maximum atomic E-state index is 13.1. The molecule has 1 N–H and O–H groups in total. The minimum Gasteiger partial charge on any atom is -0.377 e. The summed E-state index contributed by atoms with van der Waals surface area (Å²) in [5.74, 6) is -0.935. The fraction of sp³-hybridized carbons (Fsp3) is 0.190. The highest BCUT2D eigenvalue weighted by Gasteiger charge is 2.34. The van der Waals surface area contributed by atoms with E-state index in [0.717, 1.165) is 27.7 Å². The Morgan fingerprint density at radius 1 is 1.14 bits per heavy atom. The molecule has 0 aliphatic carbocycles. The van der Waals surface area contributed by atoms with Gasteiger partial charge in [0.25, 0.3) is 11.8 Å². The lowest BCUT2D eigenvalue weighted by Gasteiger charge is -2.29. The number of aryl methyl sites for hydroxylation is 1. The number of benzene rings is 2. The van der Waals surface area contributed by atoms with E-state index < -0.39 is 11.8 Å². The number of thiocarbonyl (C=S) groups is 1. The van der Waals surface area contributed by atoms with Crippen molar-refractivity contribution in [1.82, 2.24) is 5.32 Å². The summed E-state index contributed by atoms with van der Waals surface area (Å²) in [5.41, 5.74) is 3.56. The number of anilines is 2. The molecule has 1 heterocycles. The third-order valence-electron chi connectivity index (χ3n) is 4.47. The topological polar surface area (TPSA) is 52.7 Å². The van der Waals surface area contributed by atoms with Gasteiger partial charge in [-0.2, -0.15) is 0 Å². The van der Waals surface area contributed by atoms with Gasteiger partial charge in [0.1, 0.15) is 5.57 Å². The highest BCUT2D eigenvalue weighted by atomic mass is 79.9. The van der Waals surface area contributed by atoms with Gasteiger partial charge in [-0.3, -0.25) is 19.8 Å². The SMILES string of the molecule is CCc1ccc(N2C(=O)C(=Cc3ccc(N(C)C)c(Br)c3)C(=O)NC2=S)cc1. The Morgan fingerprint density at radius 3 is 2.39 bits per heavy atom. The number of rotatable bonds is 4. The number of amides is 2. The zero-order valence-corrected chi connectivity index (χ0v) is 18.2. The first-order chi connectivity index (χ1) is 13.3. The lowest BCUT2D eigenvalue weighted by atomic mass is 10.1. The van der Waals surface area contributed by atoms with Crippen molar-refractivity contribution in [3.63, 3.8) is 0 Å². The van der Waals surface area contributed by atoms with Gasteiger partial charge < -0.3 is 4.90 Å². The number of carbonyl (C=O) groups excluding carboxylic acids is 2. The minimum absolute atomic E-state index is 0.0395. The van der Waals surface area contributed by atoms with Crippen LogP contribution in [-0.2, 0) is 16.0 Å². The average molecular weight is 458 g/mol. The van der Waals surface area contributed by atoms with Gasteiger partial charge in [0.15, 0.2) is 5.11 Å². The Labute approximate surface area is 178 Å². The van der Waals surface area contributed by atoms with Crippen LogP contribution in [0.25, 0.3) is 6.08 Å². The molecule has 3 rings (SSSR count). The van der Waals surface area contributed by atoms with Crippen LogP contribution in [0.1, 0.15) is 18.1 Å². The standard InChI is InChI=1S/C21H20BrN3O2S/c1-4-13-5-8-15(9-6-13)25-20(27)16(19(26)23-21(25)28)11-14-7-10-18(24(2)3)17(22)12-14/h5-12H,4H2,1-3H3,(H,23,26,28). The number of halogens is 1. The van der Waals surface area contributed by atoms with Crippen molar-refractivity contribution in [2.45, 2.75) is 13.3 Å². The minimum atomic E-state index is -0.496. The first kappa shape index (κ1) is 20.2. The van der Waals surface area contributed by atoms with E-state index >= 15 is 0 Å². The average Bonchev–Trinajstić information content (AvgIpc) is 2.65. The molecule has 5 nitrogen and oxygen atoms in total. The number of carbonyl (C=O) groups is 2. The maximum Gasteiger partial charge on any atom is 0.270 e. The van der Waals surface area contributed by atoms with Gasteiger partial charge in [-0.25, -0.2) is 0 Å². The second-order valence-electron chi connectivity index (χ2n) is 6.58. The molecule has 144 valence electrons. The molecule has 2 aromatic carbocycles. The van der Waals surface area contributed by atoms with Crippen LogP contribution in [0.4, 0.5) is 11.4 Å². The van der Waals surface area contributed by atoms with Crippen LogP contribution < -0.4 is 15.1 Å². The van der Waals surface area contributed by atoms with E-state index in [-0.39, 0.29) is 10.7 Å². The van der Waals surface area contributed by atoms with E-state index in [1.807, 2.05) is 61.5 Å². The normalized spacial score (nSPS) is 15.8. The molecule has 0 spiro atoms. The van der Waals surface area contributed by atoms with Gasteiger partial charge in [0.2, 0.25) is 0 Å². The van der Waals surface area contributed by atoms with Crippen LogP contribution in [0.2, 0.25) is 0 Å². The van der Waals surface area contributed by atoms with Crippen LogP contribution in [0.3, 0.4) is 0 Å². The molecule has 0 unspecified atom stereocenters.